The van der Waals surface area contributed by atoms with Crippen LogP contribution in [0.4, 0.5) is 0 Å². The van der Waals surface area contributed by atoms with Crippen molar-refractivity contribution in [1.29, 1.82) is 0 Å². The molecule has 98 valence electrons. The quantitative estimate of drug-likeness (QED) is 0.857. The van der Waals surface area contributed by atoms with Crippen LogP contribution < -0.4 is 10.1 Å². The Morgan fingerprint density at radius 2 is 2.28 bits per heavy atom. The Kier molecular flexibility index (Phi) is 3.66. The molecule has 0 spiro atoms. The molecule has 2 aromatic rings. The second kappa shape index (κ2) is 5.22. The highest BCUT2D eigenvalue weighted by molar-refractivity contribution is 5.26. The first-order chi connectivity index (χ1) is 8.71. The van der Waals surface area contributed by atoms with Gasteiger partial charge in [-0.25, -0.2) is 4.68 Å². The van der Waals surface area contributed by atoms with Gasteiger partial charge < -0.3 is 10.1 Å². The average molecular weight is 249 g/mol. The van der Waals surface area contributed by atoms with E-state index >= 15 is 0 Å². The van der Waals surface area contributed by atoms with Crippen LogP contribution in [0.2, 0.25) is 0 Å². The Balaban J connectivity index is 2.38. The van der Waals surface area contributed by atoms with Gasteiger partial charge in [-0.15, -0.1) is 0 Å². The molecule has 0 saturated carbocycles. The number of nitrogens with zero attached hydrogens (tertiary/aromatic N) is 4. The van der Waals surface area contributed by atoms with Crippen molar-refractivity contribution in [3.63, 3.8) is 0 Å². The Hall–Kier alpha value is -1.82. The molecule has 0 aromatic carbocycles. The minimum Gasteiger partial charge on any atom is -0.481 e. The van der Waals surface area contributed by atoms with E-state index in [4.69, 9.17) is 4.74 Å². The maximum atomic E-state index is 5.24. The van der Waals surface area contributed by atoms with Crippen LogP contribution in [0.3, 0.4) is 0 Å². The molecule has 0 saturated heterocycles. The van der Waals surface area contributed by atoms with Crippen LogP contribution in [0.1, 0.15) is 24.4 Å². The third-order valence-corrected chi connectivity index (χ3v) is 2.99. The average Bonchev–Trinajstić information content (AvgIpc) is 2.97. The highest BCUT2D eigenvalue weighted by Crippen LogP contribution is 2.23. The van der Waals surface area contributed by atoms with Gasteiger partial charge in [0.1, 0.15) is 0 Å². The predicted molar refractivity (Wildman–Crippen MR) is 68.6 cm³/mol. The van der Waals surface area contributed by atoms with Crippen molar-refractivity contribution in [2.45, 2.75) is 19.5 Å². The number of methoxy groups -OCH3 is 1. The fourth-order valence-corrected chi connectivity index (χ4v) is 2.10. The van der Waals surface area contributed by atoms with E-state index in [9.17, 15) is 0 Å². The van der Waals surface area contributed by atoms with Gasteiger partial charge in [0.25, 0.3) is 0 Å². The van der Waals surface area contributed by atoms with E-state index in [0.29, 0.717) is 0 Å². The van der Waals surface area contributed by atoms with E-state index < -0.39 is 0 Å². The topological polar surface area (TPSA) is 56.9 Å². The van der Waals surface area contributed by atoms with Crippen LogP contribution >= 0.6 is 0 Å². The van der Waals surface area contributed by atoms with E-state index in [1.165, 1.54) is 0 Å². The molecule has 1 N–H and O–H groups in total. The molecule has 0 amide bonds. The standard InChI is InChI=1S/C12H19N5O/c1-5-17-10(6-7-14-17)12(13-2)9-8-11(18-4)16(3)15-9/h6-8,12-13H,5H2,1-4H3. The molecule has 0 fully saturated rings. The minimum atomic E-state index is 0.0162. The van der Waals surface area contributed by atoms with Crippen molar-refractivity contribution in [3.05, 3.63) is 29.7 Å². The summed E-state index contributed by atoms with van der Waals surface area (Å²) in [5.74, 6) is 0.743. The lowest BCUT2D eigenvalue weighted by Gasteiger charge is -2.15. The third-order valence-electron chi connectivity index (χ3n) is 2.99. The molecular formula is C12H19N5O. The first-order valence-corrected chi connectivity index (χ1v) is 5.98. The highest BCUT2D eigenvalue weighted by atomic mass is 16.5. The van der Waals surface area contributed by atoms with Gasteiger partial charge in [-0.2, -0.15) is 10.2 Å². The maximum absolute atomic E-state index is 5.24. The molecule has 0 bridgehead atoms. The SMILES string of the molecule is CCn1nccc1C(NC)c1cc(OC)n(C)n1. The monoisotopic (exact) mass is 249 g/mol. The fraction of sp³-hybridized carbons (Fsp3) is 0.500. The van der Waals surface area contributed by atoms with Crippen molar-refractivity contribution in [2.24, 2.45) is 7.05 Å². The molecule has 0 aliphatic heterocycles. The van der Waals surface area contributed by atoms with Gasteiger partial charge in [-0.05, 0) is 20.0 Å². The Labute approximate surface area is 107 Å². The van der Waals surface area contributed by atoms with Gasteiger partial charge in [0.2, 0.25) is 5.88 Å². The smallest absolute Gasteiger partial charge is 0.211 e. The van der Waals surface area contributed by atoms with Crippen LogP contribution in [0, 0.1) is 0 Å². The fourth-order valence-electron chi connectivity index (χ4n) is 2.10. The summed E-state index contributed by atoms with van der Waals surface area (Å²) in [7, 11) is 5.43. The normalized spacial score (nSPS) is 12.7. The molecule has 2 aromatic heterocycles. The highest BCUT2D eigenvalue weighted by Gasteiger charge is 2.20. The predicted octanol–water partition coefficient (Wildman–Crippen LogP) is 0.954. The van der Waals surface area contributed by atoms with Gasteiger partial charge in [-0.3, -0.25) is 4.68 Å². The molecule has 6 heteroatoms. The van der Waals surface area contributed by atoms with Gasteiger partial charge >= 0.3 is 0 Å². The van der Waals surface area contributed by atoms with Crippen molar-refractivity contribution in [1.82, 2.24) is 24.9 Å². The number of nitrogens with one attached hydrogen (secondary N) is 1. The lowest BCUT2D eigenvalue weighted by Crippen LogP contribution is -2.22. The summed E-state index contributed by atoms with van der Waals surface area (Å²) >= 11 is 0. The molecule has 0 radical (unpaired) electrons. The molecule has 18 heavy (non-hydrogen) atoms. The maximum Gasteiger partial charge on any atom is 0.211 e. The Bertz CT molecular complexity index is 516. The van der Waals surface area contributed by atoms with Crippen LogP contribution in [-0.4, -0.2) is 33.7 Å². The van der Waals surface area contributed by atoms with Gasteiger partial charge in [0.15, 0.2) is 0 Å². The van der Waals surface area contributed by atoms with Crippen molar-refractivity contribution >= 4 is 0 Å². The molecule has 2 rings (SSSR count). The molecular weight excluding hydrogens is 230 g/mol. The number of ether oxygens (including phenoxy) is 1. The molecule has 1 unspecified atom stereocenters. The van der Waals surface area contributed by atoms with Crippen LogP contribution in [-0.2, 0) is 13.6 Å². The summed E-state index contributed by atoms with van der Waals surface area (Å²) < 4.78 is 8.93. The zero-order valence-corrected chi connectivity index (χ0v) is 11.2. The molecule has 6 nitrogen and oxygen atoms in total. The van der Waals surface area contributed by atoms with E-state index in [1.807, 2.05) is 37.1 Å². The van der Waals surface area contributed by atoms with E-state index in [2.05, 4.69) is 22.4 Å². The molecule has 2 heterocycles. The largest absolute Gasteiger partial charge is 0.481 e. The summed E-state index contributed by atoms with van der Waals surface area (Å²) in [6.45, 7) is 2.91. The number of aryl methyl sites for hydroxylation is 2. The van der Waals surface area contributed by atoms with Crippen molar-refractivity contribution in [2.75, 3.05) is 14.2 Å². The van der Waals surface area contributed by atoms with E-state index in [-0.39, 0.29) is 6.04 Å². The molecule has 0 aliphatic carbocycles. The summed E-state index contributed by atoms with van der Waals surface area (Å²) in [6.07, 6.45) is 1.81. The van der Waals surface area contributed by atoms with Crippen LogP contribution in [0.15, 0.2) is 18.3 Å². The third kappa shape index (κ3) is 2.11. The first kappa shape index (κ1) is 12.6. The summed E-state index contributed by atoms with van der Waals surface area (Å²) in [6, 6.07) is 3.96. The zero-order chi connectivity index (χ0) is 13.1. The number of aromatic nitrogens is 4. The summed E-state index contributed by atoms with van der Waals surface area (Å²) in [5.41, 5.74) is 2.02. The Morgan fingerprint density at radius 3 is 2.83 bits per heavy atom. The molecule has 0 aliphatic rings. The Morgan fingerprint density at radius 1 is 1.50 bits per heavy atom. The van der Waals surface area contributed by atoms with E-state index in [1.54, 1.807) is 11.8 Å². The second-order valence-electron chi connectivity index (χ2n) is 4.03. The van der Waals surface area contributed by atoms with Gasteiger partial charge in [0.05, 0.1) is 24.5 Å². The van der Waals surface area contributed by atoms with Crippen LogP contribution in [0.5, 0.6) is 5.88 Å². The van der Waals surface area contributed by atoms with Crippen molar-refractivity contribution in [3.8, 4) is 5.88 Å². The van der Waals surface area contributed by atoms with Crippen LogP contribution in [0.25, 0.3) is 0 Å². The van der Waals surface area contributed by atoms with E-state index in [0.717, 1.165) is 23.8 Å². The summed E-state index contributed by atoms with van der Waals surface area (Å²) in [5, 5.41) is 12.0. The number of hydrogen-bond donors (Lipinski definition) is 1. The lowest BCUT2D eigenvalue weighted by atomic mass is 10.1. The first-order valence-electron chi connectivity index (χ1n) is 5.98. The summed E-state index contributed by atoms with van der Waals surface area (Å²) in [4.78, 5) is 0. The van der Waals surface area contributed by atoms with Gasteiger partial charge in [-0.1, -0.05) is 0 Å². The molecule has 1 atom stereocenters. The second-order valence-corrected chi connectivity index (χ2v) is 4.03. The van der Waals surface area contributed by atoms with Gasteiger partial charge in [0, 0.05) is 25.9 Å². The zero-order valence-electron chi connectivity index (χ0n) is 11.2. The number of rotatable bonds is 5. The minimum absolute atomic E-state index is 0.0162. The number of hydrogen-bond acceptors (Lipinski definition) is 4. The lowest BCUT2D eigenvalue weighted by molar-refractivity contribution is 0.373. The van der Waals surface area contributed by atoms with Crippen molar-refractivity contribution < 1.29 is 4.74 Å².